The van der Waals surface area contributed by atoms with E-state index in [0.717, 1.165) is 18.8 Å². The molecule has 28 heavy (non-hydrogen) atoms. The number of ether oxygens (including phenoxy) is 3. The molecule has 2 heterocycles. The molecule has 1 aliphatic rings. The summed E-state index contributed by atoms with van der Waals surface area (Å²) in [6.07, 6.45) is 0.546. The summed E-state index contributed by atoms with van der Waals surface area (Å²) < 4.78 is 42.7. The van der Waals surface area contributed by atoms with Crippen LogP contribution in [0.1, 0.15) is 17.3 Å². The quantitative estimate of drug-likeness (QED) is 0.567. The number of piperazine rings is 1. The van der Waals surface area contributed by atoms with Crippen LogP contribution in [0.2, 0.25) is 0 Å². The monoisotopic (exact) mass is 417 g/mol. The molecule has 0 aromatic carbocycles. The van der Waals surface area contributed by atoms with E-state index in [0.29, 0.717) is 26.2 Å². The molecule has 1 aromatic heterocycles. The Morgan fingerprint density at radius 2 is 1.82 bits per heavy atom. The predicted octanol–water partition coefficient (Wildman–Crippen LogP) is 0.146. The van der Waals surface area contributed by atoms with Gasteiger partial charge < -0.3 is 24.2 Å². The number of carboxylic acid groups (broad SMARTS) is 1. The summed E-state index contributed by atoms with van der Waals surface area (Å²) in [5, 5.41) is 9.51. The van der Waals surface area contributed by atoms with Crippen molar-refractivity contribution in [3.63, 3.8) is 0 Å². The van der Waals surface area contributed by atoms with E-state index >= 15 is 0 Å². The summed E-state index contributed by atoms with van der Waals surface area (Å²) in [5.41, 5.74) is -0.328. The molecule has 0 saturated carbocycles. The van der Waals surface area contributed by atoms with Gasteiger partial charge in [0, 0.05) is 40.4 Å². The second-order valence-electron chi connectivity index (χ2n) is 6.32. The van der Waals surface area contributed by atoms with Gasteiger partial charge in [0.2, 0.25) is 15.9 Å². The number of carboxylic acids is 1. The van der Waals surface area contributed by atoms with Crippen molar-refractivity contribution in [3.8, 4) is 5.88 Å². The van der Waals surface area contributed by atoms with Gasteiger partial charge in [0.25, 0.3) is 0 Å². The summed E-state index contributed by atoms with van der Waals surface area (Å²) >= 11 is 0. The van der Waals surface area contributed by atoms with Crippen LogP contribution in [0, 0.1) is 0 Å². The Bertz CT molecular complexity index is 758. The number of likely N-dealkylation sites (N-methyl/N-ethyl adjacent to an activating group) is 1. The number of rotatable bonds is 10. The highest BCUT2D eigenvalue weighted by atomic mass is 32.2. The lowest BCUT2D eigenvalue weighted by molar-refractivity contribution is 0.0210. The minimum absolute atomic E-state index is 0.163. The first-order valence-electron chi connectivity index (χ1n) is 8.93. The maximum Gasteiger partial charge on any atom is 0.341 e. The molecular formula is C17H27N3O7S. The normalized spacial score (nSPS) is 16.4. The highest BCUT2D eigenvalue weighted by Gasteiger charge is 2.30. The van der Waals surface area contributed by atoms with Gasteiger partial charge >= 0.3 is 5.97 Å². The van der Waals surface area contributed by atoms with Crippen LogP contribution in [0.5, 0.6) is 5.88 Å². The van der Waals surface area contributed by atoms with Gasteiger partial charge in [0.1, 0.15) is 16.6 Å². The molecule has 2 rings (SSSR count). The van der Waals surface area contributed by atoms with Crippen LogP contribution < -0.4 is 4.74 Å². The fraction of sp³-hybridized carbons (Fsp3) is 0.647. The van der Waals surface area contributed by atoms with Crippen LogP contribution in [0.25, 0.3) is 0 Å². The van der Waals surface area contributed by atoms with Crippen LogP contribution >= 0.6 is 0 Å². The largest absolute Gasteiger partial charge is 0.477 e. The van der Waals surface area contributed by atoms with E-state index in [1.54, 1.807) is 0 Å². The van der Waals surface area contributed by atoms with Gasteiger partial charge in [-0.3, -0.25) is 0 Å². The molecule has 0 spiro atoms. The minimum atomic E-state index is -3.84. The van der Waals surface area contributed by atoms with Crippen molar-refractivity contribution in [3.05, 3.63) is 17.8 Å². The molecule has 1 N–H and O–H groups in total. The molecule has 0 bridgehead atoms. The topological polar surface area (TPSA) is 119 Å². The maximum atomic E-state index is 12.9. The van der Waals surface area contributed by atoms with Gasteiger partial charge in [-0.2, -0.15) is 4.31 Å². The fourth-order valence-electron chi connectivity index (χ4n) is 2.90. The Labute approximate surface area is 165 Å². The molecule has 1 saturated heterocycles. The standard InChI is InChI=1S/C17H27N3O7S/c1-4-19-5-7-20(8-6-19)28(23,24)14-9-15(17(21)22)16(18-10-14)27-13(11-25-2)12-26-3/h9-10,13H,4-8,11-12H2,1-3H3,(H,21,22). The molecule has 11 heteroatoms. The molecular weight excluding hydrogens is 390 g/mol. The summed E-state index contributed by atoms with van der Waals surface area (Å²) in [6, 6.07) is 1.09. The molecule has 1 aromatic rings. The van der Waals surface area contributed by atoms with Crippen molar-refractivity contribution in [2.75, 3.05) is 60.2 Å². The smallest absolute Gasteiger partial charge is 0.341 e. The zero-order chi connectivity index (χ0) is 20.7. The molecule has 0 radical (unpaired) electrons. The summed E-state index contributed by atoms with van der Waals surface area (Å²) in [6.45, 7) is 5.16. The number of carbonyl (C=O) groups is 1. The lowest BCUT2D eigenvalue weighted by Gasteiger charge is -2.33. The molecule has 0 unspecified atom stereocenters. The third kappa shape index (κ3) is 5.39. The molecule has 0 aliphatic carbocycles. The molecule has 158 valence electrons. The van der Waals surface area contributed by atoms with Gasteiger partial charge in [-0.05, 0) is 12.6 Å². The highest BCUT2D eigenvalue weighted by Crippen LogP contribution is 2.24. The van der Waals surface area contributed by atoms with E-state index in [1.165, 1.54) is 18.5 Å². The van der Waals surface area contributed by atoms with Gasteiger partial charge in [0.15, 0.2) is 0 Å². The van der Waals surface area contributed by atoms with E-state index in [9.17, 15) is 18.3 Å². The Balaban J connectivity index is 2.27. The molecule has 1 aliphatic heterocycles. The van der Waals surface area contributed by atoms with Crippen LogP contribution in [0.3, 0.4) is 0 Å². The fourth-order valence-corrected chi connectivity index (χ4v) is 4.30. The first-order valence-corrected chi connectivity index (χ1v) is 10.4. The average Bonchev–Trinajstić information content (AvgIpc) is 2.68. The van der Waals surface area contributed by atoms with Crippen molar-refractivity contribution < 1.29 is 32.5 Å². The second kappa shape index (κ2) is 10.1. The molecule has 0 amide bonds. The highest BCUT2D eigenvalue weighted by molar-refractivity contribution is 7.89. The van der Waals surface area contributed by atoms with E-state index in [1.807, 2.05) is 6.92 Å². The zero-order valence-corrected chi connectivity index (χ0v) is 17.1. The summed E-state index contributed by atoms with van der Waals surface area (Å²) in [5.74, 6) is -1.51. The van der Waals surface area contributed by atoms with E-state index in [4.69, 9.17) is 14.2 Å². The number of aromatic nitrogens is 1. The minimum Gasteiger partial charge on any atom is -0.477 e. The lowest BCUT2D eigenvalue weighted by atomic mass is 10.2. The Morgan fingerprint density at radius 3 is 2.32 bits per heavy atom. The predicted molar refractivity (Wildman–Crippen MR) is 100 cm³/mol. The first kappa shape index (κ1) is 22.5. The van der Waals surface area contributed by atoms with Crippen LogP contribution in [0.15, 0.2) is 17.2 Å². The van der Waals surface area contributed by atoms with Crippen LogP contribution in [0.4, 0.5) is 0 Å². The molecule has 1 fully saturated rings. The number of hydrogen-bond acceptors (Lipinski definition) is 8. The van der Waals surface area contributed by atoms with Crippen LogP contribution in [-0.4, -0.2) is 99.9 Å². The van der Waals surface area contributed by atoms with Crippen molar-refractivity contribution >= 4 is 16.0 Å². The van der Waals surface area contributed by atoms with Gasteiger partial charge in [-0.25, -0.2) is 18.2 Å². The number of aromatic carboxylic acids is 1. The van der Waals surface area contributed by atoms with E-state index in [2.05, 4.69) is 9.88 Å². The van der Waals surface area contributed by atoms with E-state index in [-0.39, 0.29) is 29.6 Å². The SMILES string of the molecule is CCN1CCN(S(=O)(=O)c2cnc(OC(COC)COC)c(C(=O)O)c2)CC1. The van der Waals surface area contributed by atoms with Crippen molar-refractivity contribution in [2.45, 2.75) is 17.9 Å². The van der Waals surface area contributed by atoms with Crippen molar-refractivity contribution in [1.29, 1.82) is 0 Å². The lowest BCUT2D eigenvalue weighted by Crippen LogP contribution is -2.48. The summed E-state index contributed by atoms with van der Waals surface area (Å²) in [4.78, 5) is 17.6. The van der Waals surface area contributed by atoms with Gasteiger partial charge in [-0.15, -0.1) is 0 Å². The number of hydrogen-bond donors (Lipinski definition) is 1. The Morgan fingerprint density at radius 1 is 1.21 bits per heavy atom. The zero-order valence-electron chi connectivity index (χ0n) is 16.3. The Hall–Kier alpha value is -1.79. The van der Waals surface area contributed by atoms with Gasteiger partial charge in [-0.1, -0.05) is 6.92 Å². The number of pyridine rings is 1. The van der Waals surface area contributed by atoms with Crippen molar-refractivity contribution in [1.82, 2.24) is 14.2 Å². The number of sulfonamides is 1. The first-order chi connectivity index (χ1) is 13.3. The molecule has 10 nitrogen and oxygen atoms in total. The summed E-state index contributed by atoms with van der Waals surface area (Å²) in [7, 11) is -0.884. The van der Waals surface area contributed by atoms with Crippen LogP contribution in [-0.2, 0) is 19.5 Å². The number of nitrogens with zero attached hydrogens (tertiary/aromatic N) is 3. The Kier molecular flexibility index (Phi) is 8.13. The van der Waals surface area contributed by atoms with Crippen molar-refractivity contribution in [2.24, 2.45) is 0 Å². The maximum absolute atomic E-state index is 12.9. The third-order valence-electron chi connectivity index (χ3n) is 4.46. The molecule has 0 atom stereocenters. The number of methoxy groups -OCH3 is 2. The van der Waals surface area contributed by atoms with E-state index < -0.39 is 22.1 Å². The average molecular weight is 417 g/mol. The van der Waals surface area contributed by atoms with Gasteiger partial charge in [0.05, 0.1) is 19.4 Å². The third-order valence-corrected chi connectivity index (χ3v) is 6.32. The second-order valence-corrected chi connectivity index (χ2v) is 8.26.